The van der Waals surface area contributed by atoms with Gasteiger partial charge in [0.15, 0.2) is 0 Å². The van der Waals surface area contributed by atoms with E-state index < -0.39 is 27.7 Å². The third-order valence-electron chi connectivity index (χ3n) is 3.59. The second-order valence-electron chi connectivity index (χ2n) is 5.86. The molecule has 27 heavy (non-hydrogen) atoms. The van der Waals surface area contributed by atoms with E-state index in [0.29, 0.717) is 5.56 Å². The number of hydrogen-bond donors (Lipinski definition) is 3. The summed E-state index contributed by atoms with van der Waals surface area (Å²) in [6.07, 6.45) is -0.178. The molecule has 0 saturated heterocycles. The Morgan fingerprint density at radius 2 is 1.52 bits per heavy atom. The number of amides is 2. The van der Waals surface area contributed by atoms with Crippen molar-refractivity contribution in [2.75, 3.05) is 6.54 Å². The largest absolute Gasteiger partial charge is 0.273 e. The first-order valence-electron chi connectivity index (χ1n) is 8.15. The fraction of sp³-hybridized carbons (Fsp3) is 0.222. The summed E-state index contributed by atoms with van der Waals surface area (Å²) in [5.41, 5.74) is 5.95. The average Bonchev–Trinajstić information content (AvgIpc) is 2.62. The molecular formula is C18H20FN3O4S. The van der Waals surface area contributed by atoms with Crippen LogP contribution >= 0.6 is 0 Å². The molecular weight excluding hydrogens is 373 g/mol. The van der Waals surface area contributed by atoms with Crippen LogP contribution < -0.4 is 15.6 Å². The van der Waals surface area contributed by atoms with Crippen molar-refractivity contribution in [3.05, 3.63) is 65.5 Å². The average molecular weight is 393 g/mol. The van der Waals surface area contributed by atoms with Crippen LogP contribution in [0.1, 0.15) is 17.5 Å². The molecule has 0 unspecified atom stereocenters. The number of sulfonamides is 1. The molecule has 2 aromatic rings. The predicted octanol–water partition coefficient (Wildman–Crippen LogP) is 1.19. The maximum Gasteiger partial charge on any atom is 0.242 e. The van der Waals surface area contributed by atoms with Crippen molar-refractivity contribution in [2.24, 2.45) is 0 Å². The maximum absolute atomic E-state index is 12.8. The topological polar surface area (TPSA) is 104 Å². The van der Waals surface area contributed by atoms with E-state index in [4.69, 9.17) is 0 Å². The summed E-state index contributed by atoms with van der Waals surface area (Å²) in [7, 11) is -3.70. The van der Waals surface area contributed by atoms with Crippen LogP contribution in [0.5, 0.6) is 0 Å². The van der Waals surface area contributed by atoms with Gasteiger partial charge >= 0.3 is 0 Å². The molecule has 0 atom stereocenters. The van der Waals surface area contributed by atoms with Crippen molar-refractivity contribution in [2.45, 2.75) is 24.7 Å². The lowest BCUT2D eigenvalue weighted by Gasteiger charge is -2.09. The van der Waals surface area contributed by atoms with Crippen LogP contribution in [0.4, 0.5) is 4.39 Å². The number of carbonyl (C=O) groups excluding carboxylic acids is 2. The Kier molecular flexibility index (Phi) is 7.03. The number of hydrazine groups is 1. The van der Waals surface area contributed by atoms with Crippen molar-refractivity contribution in [3.8, 4) is 0 Å². The van der Waals surface area contributed by atoms with E-state index in [9.17, 15) is 22.4 Å². The minimum absolute atomic E-state index is 0.0272. The number of hydrogen-bond acceptors (Lipinski definition) is 4. The first-order chi connectivity index (χ1) is 12.8. The molecule has 0 aliphatic carbocycles. The molecule has 2 amide bonds. The highest BCUT2D eigenvalue weighted by Gasteiger charge is 2.14. The quantitative estimate of drug-likeness (QED) is 0.615. The highest BCUT2D eigenvalue weighted by atomic mass is 32.2. The molecule has 9 heteroatoms. The second kappa shape index (κ2) is 9.24. The van der Waals surface area contributed by atoms with Crippen LogP contribution in [-0.2, 0) is 26.0 Å². The zero-order valence-corrected chi connectivity index (χ0v) is 15.5. The minimum Gasteiger partial charge on any atom is -0.273 e. The summed E-state index contributed by atoms with van der Waals surface area (Å²) < 4.78 is 39.3. The van der Waals surface area contributed by atoms with Gasteiger partial charge in [0.2, 0.25) is 21.8 Å². The zero-order chi connectivity index (χ0) is 19.9. The Hall–Kier alpha value is -2.78. The van der Waals surface area contributed by atoms with E-state index >= 15 is 0 Å². The number of aryl methyl sites for hydroxylation is 1. The third kappa shape index (κ3) is 6.80. The predicted molar refractivity (Wildman–Crippen MR) is 97.4 cm³/mol. The van der Waals surface area contributed by atoms with E-state index in [1.54, 1.807) is 12.1 Å². The smallest absolute Gasteiger partial charge is 0.242 e. The summed E-state index contributed by atoms with van der Waals surface area (Å²) >= 11 is 0. The lowest BCUT2D eigenvalue weighted by atomic mass is 10.1. The van der Waals surface area contributed by atoms with Crippen molar-refractivity contribution in [1.82, 2.24) is 15.6 Å². The van der Waals surface area contributed by atoms with Crippen molar-refractivity contribution < 1.29 is 22.4 Å². The number of rotatable bonds is 7. The summed E-state index contributed by atoms with van der Waals surface area (Å²) in [4.78, 5) is 23.5. The molecule has 0 aliphatic rings. The van der Waals surface area contributed by atoms with E-state index in [-0.39, 0.29) is 24.3 Å². The molecule has 0 heterocycles. The molecule has 0 radical (unpaired) electrons. The van der Waals surface area contributed by atoms with Gasteiger partial charge < -0.3 is 0 Å². The molecule has 7 nitrogen and oxygen atoms in total. The van der Waals surface area contributed by atoms with Gasteiger partial charge in [-0.05, 0) is 36.8 Å². The molecule has 0 bridgehead atoms. The van der Waals surface area contributed by atoms with Gasteiger partial charge in [0, 0.05) is 13.0 Å². The molecule has 2 rings (SSSR count). The van der Waals surface area contributed by atoms with Gasteiger partial charge in [-0.3, -0.25) is 20.4 Å². The van der Waals surface area contributed by atoms with Gasteiger partial charge in [-0.15, -0.1) is 0 Å². The van der Waals surface area contributed by atoms with Crippen LogP contribution in [0.3, 0.4) is 0 Å². The first kappa shape index (κ1) is 20.5. The normalized spacial score (nSPS) is 11.0. The highest BCUT2D eigenvalue weighted by Crippen LogP contribution is 2.09. The molecule has 0 aromatic heterocycles. The summed E-state index contributed by atoms with van der Waals surface area (Å²) in [6, 6.07) is 11.7. The molecule has 2 aromatic carbocycles. The Balaban J connectivity index is 1.72. The number of benzene rings is 2. The summed E-state index contributed by atoms with van der Waals surface area (Å²) in [5.74, 6) is -1.43. The molecule has 3 N–H and O–H groups in total. The Morgan fingerprint density at radius 1 is 0.926 bits per heavy atom. The van der Waals surface area contributed by atoms with Crippen LogP contribution in [0.25, 0.3) is 0 Å². The lowest BCUT2D eigenvalue weighted by molar-refractivity contribution is -0.128. The molecule has 0 saturated carbocycles. The van der Waals surface area contributed by atoms with Crippen molar-refractivity contribution >= 4 is 21.8 Å². The molecule has 0 fully saturated rings. The molecule has 0 aliphatic heterocycles. The lowest BCUT2D eigenvalue weighted by Crippen LogP contribution is -2.43. The third-order valence-corrected chi connectivity index (χ3v) is 5.07. The van der Waals surface area contributed by atoms with Crippen LogP contribution in [0, 0.1) is 12.7 Å². The second-order valence-corrected chi connectivity index (χ2v) is 7.63. The number of nitrogens with one attached hydrogen (secondary N) is 3. The van der Waals surface area contributed by atoms with Gasteiger partial charge in [-0.25, -0.2) is 17.5 Å². The minimum atomic E-state index is -3.70. The maximum atomic E-state index is 12.8. The Labute approximate surface area is 157 Å². The molecule has 0 spiro atoms. The van der Waals surface area contributed by atoms with E-state index in [2.05, 4.69) is 15.6 Å². The fourth-order valence-electron chi connectivity index (χ4n) is 2.13. The van der Waals surface area contributed by atoms with Gasteiger partial charge in [-0.2, -0.15) is 0 Å². The van der Waals surface area contributed by atoms with E-state index in [1.807, 2.05) is 6.92 Å². The Morgan fingerprint density at radius 3 is 2.15 bits per heavy atom. The van der Waals surface area contributed by atoms with Gasteiger partial charge in [-0.1, -0.05) is 29.8 Å². The standard InChI is InChI=1S/C18H20FN3O4S/c1-13-2-8-16(9-3-13)27(25,26)20-11-10-17(23)21-22-18(24)12-14-4-6-15(19)7-5-14/h2-9,20H,10-12H2,1H3,(H,21,23)(H,22,24). The van der Waals surface area contributed by atoms with Gasteiger partial charge in [0.05, 0.1) is 11.3 Å². The summed E-state index contributed by atoms with van der Waals surface area (Å²) in [6.45, 7) is 1.73. The summed E-state index contributed by atoms with van der Waals surface area (Å²) in [5, 5.41) is 0. The van der Waals surface area contributed by atoms with Gasteiger partial charge in [0.25, 0.3) is 0 Å². The molecule has 144 valence electrons. The van der Waals surface area contributed by atoms with Crippen molar-refractivity contribution in [3.63, 3.8) is 0 Å². The van der Waals surface area contributed by atoms with Crippen LogP contribution in [0.15, 0.2) is 53.4 Å². The monoisotopic (exact) mass is 393 g/mol. The number of halogens is 1. The van der Waals surface area contributed by atoms with Crippen LogP contribution in [-0.4, -0.2) is 26.8 Å². The zero-order valence-electron chi connectivity index (χ0n) is 14.7. The number of carbonyl (C=O) groups is 2. The highest BCUT2D eigenvalue weighted by molar-refractivity contribution is 7.89. The van der Waals surface area contributed by atoms with Crippen LogP contribution in [0.2, 0.25) is 0 Å². The van der Waals surface area contributed by atoms with E-state index in [0.717, 1.165) is 5.56 Å². The van der Waals surface area contributed by atoms with E-state index in [1.165, 1.54) is 36.4 Å². The van der Waals surface area contributed by atoms with Crippen molar-refractivity contribution in [1.29, 1.82) is 0 Å². The van der Waals surface area contributed by atoms with Gasteiger partial charge in [0.1, 0.15) is 5.82 Å². The first-order valence-corrected chi connectivity index (χ1v) is 9.63. The Bertz CT molecular complexity index is 897. The fourth-order valence-corrected chi connectivity index (χ4v) is 3.17. The SMILES string of the molecule is Cc1ccc(S(=O)(=O)NCCC(=O)NNC(=O)Cc2ccc(F)cc2)cc1.